The number of rotatable bonds is 4. The van der Waals surface area contributed by atoms with Gasteiger partial charge < -0.3 is 14.9 Å². The predicted octanol–water partition coefficient (Wildman–Crippen LogP) is 1.45. The van der Waals surface area contributed by atoms with E-state index in [9.17, 15) is 14.7 Å². The fourth-order valence-electron chi connectivity index (χ4n) is 1.97. The van der Waals surface area contributed by atoms with Crippen LogP contribution in [0.4, 0.5) is 0 Å². The molecule has 0 aromatic heterocycles. The van der Waals surface area contributed by atoms with Crippen LogP contribution < -0.4 is 0 Å². The van der Waals surface area contributed by atoms with Crippen LogP contribution in [-0.4, -0.2) is 35.4 Å². The molecule has 94 valence electrons. The van der Waals surface area contributed by atoms with Gasteiger partial charge in [0.1, 0.15) is 0 Å². The van der Waals surface area contributed by atoms with E-state index in [1.165, 1.54) is 26.2 Å². The Morgan fingerprint density at radius 3 is 2.41 bits per heavy atom. The second-order valence-electron chi connectivity index (χ2n) is 4.31. The summed E-state index contributed by atoms with van der Waals surface area (Å²) in [5.74, 6) is -2.13. The summed E-state index contributed by atoms with van der Waals surface area (Å²) in [7, 11) is 1.49. The quantitative estimate of drug-likeness (QED) is 0.777. The summed E-state index contributed by atoms with van der Waals surface area (Å²) in [5.41, 5.74) is -0.544. The van der Waals surface area contributed by atoms with Gasteiger partial charge in [0, 0.05) is 12.7 Å². The third-order valence-electron chi connectivity index (χ3n) is 3.18. The van der Waals surface area contributed by atoms with E-state index >= 15 is 0 Å². The minimum absolute atomic E-state index is 0.0306. The van der Waals surface area contributed by atoms with Gasteiger partial charge in [0.15, 0.2) is 0 Å². The van der Waals surface area contributed by atoms with E-state index in [0.717, 1.165) is 0 Å². The van der Waals surface area contributed by atoms with Gasteiger partial charge in [0.05, 0.1) is 11.5 Å². The first-order chi connectivity index (χ1) is 7.82. The molecule has 0 aliphatic heterocycles. The first-order valence-electron chi connectivity index (χ1n) is 5.23. The number of hydrogen-bond donors (Lipinski definition) is 2. The van der Waals surface area contributed by atoms with Crippen molar-refractivity contribution in [3.05, 3.63) is 23.3 Å². The number of aliphatic carboxylic acids is 2. The second-order valence-corrected chi connectivity index (χ2v) is 4.31. The van der Waals surface area contributed by atoms with Crippen LogP contribution in [-0.2, 0) is 14.3 Å². The maximum atomic E-state index is 11.4. The Bertz CT molecular complexity index is 407. The molecular formula is C12H16O5. The molecule has 1 aliphatic rings. The number of methoxy groups -OCH3 is 1. The molecule has 0 saturated carbocycles. The van der Waals surface area contributed by atoms with E-state index in [1.807, 2.05) is 0 Å². The summed E-state index contributed by atoms with van der Waals surface area (Å²) in [6.07, 6.45) is 2.59. The zero-order valence-corrected chi connectivity index (χ0v) is 10.1. The zero-order valence-electron chi connectivity index (χ0n) is 10.1. The third kappa shape index (κ3) is 2.39. The summed E-state index contributed by atoms with van der Waals surface area (Å²) < 4.78 is 5.12. The molecule has 1 aliphatic carbocycles. The molecule has 2 unspecified atom stereocenters. The Balaban J connectivity index is 3.22. The van der Waals surface area contributed by atoms with Crippen LogP contribution in [0, 0.1) is 5.41 Å². The highest BCUT2D eigenvalue weighted by Gasteiger charge is 2.42. The molecule has 0 aromatic rings. The van der Waals surface area contributed by atoms with Crippen LogP contribution in [0.3, 0.4) is 0 Å². The van der Waals surface area contributed by atoms with Crippen LogP contribution in [0.1, 0.15) is 20.3 Å². The van der Waals surface area contributed by atoms with Gasteiger partial charge in [-0.15, -0.1) is 0 Å². The maximum Gasteiger partial charge on any atom is 0.331 e. The molecule has 0 amide bonds. The molecule has 5 heteroatoms. The molecule has 0 spiro atoms. The van der Waals surface area contributed by atoms with Gasteiger partial charge in [-0.1, -0.05) is 12.2 Å². The maximum absolute atomic E-state index is 11.4. The standard InChI is InChI=1S/C12H16O5/c1-7(17-3)9-5-4-8(10(13)14)6-12(9,2)11(15)16/h4-5,7H,6H2,1-3H3,(H,13,14)(H,15,16). The normalized spacial score (nSPS) is 25.8. The Kier molecular flexibility index (Phi) is 3.72. The van der Waals surface area contributed by atoms with Gasteiger partial charge in [-0.3, -0.25) is 4.79 Å². The Labute approximate surface area is 99.4 Å². The van der Waals surface area contributed by atoms with Crippen molar-refractivity contribution in [1.29, 1.82) is 0 Å². The van der Waals surface area contributed by atoms with Crippen molar-refractivity contribution in [1.82, 2.24) is 0 Å². The summed E-state index contributed by atoms with van der Waals surface area (Å²) in [4.78, 5) is 22.2. The van der Waals surface area contributed by atoms with E-state index in [4.69, 9.17) is 9.84 Å². The fourth-order valence-corrected chi connectivity index (χ4v) is 1.97. The van der Waals surface area contributed by atoms with Crippen LogP contribution in [0.2, 0.25) is 0 Å². The van der Waals surface area contributed by atoms with E-state index in [0.29, 0.717) is 5.57 Å². The topological polar surface area (TPSA) is 83.8 Å². The third-order valence-corrected chi connectivity index (χ3v) is 3.18. The molecule has 0 fully saturated rings. The van der Waals surface area contributed by atoms with Gasteiger partial charge >= 0.3 is 11.9 Å². The minimum Gasteiger partial charge on any atom is -0.481 e. The van der Waals surface area contributed by atoms with Gasteiger partial charge in [-0.25, -0.2) is 4.79 Å². The fraction of sp³-hybridized carbons (Fsp3) is 0.500. The van der Waals surface area contributed by atoms with E-state index < -0.39 is 17.4 Å². The van der Waals surface area contributed by atoms with Crippen LogP contribution in [0.25, 0.3) is 0 Å². The first-order valence-corrected chi connectivity index (χ1v) is 5.23. The summed E-state index contributed by atoms with van der Waals surface area (Å²) in [5, 5.41) is 18.2. The molecule has 5 nitrogen and oxygen atoms in total. The Morgan fingerprint density at radius 1 is 1.41 bits per heavy atom. The van der Waals surface area contributed by atoms with Crippen molar-refractivity contribution >= 4 is 11.9 Å². The van der Waals surface area contributed by atoms with Crippen molar-refractivity contribution in [3.8, 4) is 0 Å². The van der Waals surface area contributed by atoms with Crippen molar-refractivity contribution in [2.45, 2.75) is 26.4 Å². The van der Waals surface area contributed by atoms with Crippen LogP contribution in [0.15, 0.2) is 23.3 Å². The van der Waals surface area contributed by atoms with Gasteiger partial charge in [0.25, 0.3) is 0 Å². The van der Waals surface area contributed by atoms with Crippen LogP contribution in [0.5, 0.6) is 0 Å². The molecule has 0 radical (unpaired) electrons. The smallest absolute Gasteiger partial charge is 0.331 e. The van der Waals surface area contributed by atoms with Gasteiger partial charge in [-0.2, -0.15) is 0 Å². The highest BCUT2D eigenvalue weighted by atomic mass is 16.5. The van der Waals surface area contributed by atoms with E-state index in [2.05, 4.69) is 0 Å². The average Bonchev–Trinajstić information content (AvgIpc) is 2.27. The molecule has 2 N–H and O–H groups in total. The largest absolute Gasteiger partial charge is 0.481 e. The molecule has 0 saturated heterocycles. The molecule has 0 heterocycles. The number of ether oxygens (including phenoxy) is 1. The first kappa shape index (κ1) is 13.4. The molecule has 1 rings (SSSR count). The van der Waals surface area contributed by atoms with Gasteiger partial charge in [0.2, 0.25) is 0 Å². The second kappa shape index (κ2) is 4.71. The number of carbonyl (C=O) groups is 2. The SMILES string of the molecule is COC(C)C1=CC=C(C(=O)O)CC1(C)C(=O)O. The predicted molar refractivity (Wildman–Crippen MR) is 60.6 cm³/mol. The number of carboxylic acid groups (broad SMARTS) is 2. The number of allylic oxidation sites excluding steroid dienone is 2. The summed E-state index contributed by atoms with van der Waals surface area (Å²) in [6.45, 7) is 3.26. The highest BCUT2D eigenvalue weighted by molar-refractivity contribution is 5.90. The van der Waals surface area contributed by atoms with Crippen molar-refractivity contribution < 1.29 is 24.5 Å². The molecule has 2 atom stereocenters. The molecular weight excluding hydrogens is 224 g/mol. The summed E-state index contributed by atoms with van der Waals surface area (Å²) in [6, 6.07) is 0. The lowest BCUT2D eigenvalue weighted by Gasteiger charge is -2.33. The lowest BCUT2D eigenvalue weighted by atomic mass is 9.72. The van der Waals surface area contributed by atoms with Crippen molar-refractivity contribution in [2.75, 3.05) is 7.11 Å². The average molecular weight is 240 g/mol. The van der Waals surface area contributed by atoms with Gasteiger partial charge in [-0.05, 0) is 25.8 Å². The highest BCUT2D eigenvalue weighted by Crippen LogP contribution is 2.40. The van der Waals surface area contributed by atoms with E-state index in [-0.39, 0.29) is 18.1 Å². The molecule has 0 aromatic carbocycles. The van der Waals surface area contributed by atoms with Crippen molar-refractivity contribution in [2.24, 2.45) is 5.41 Å². The monoisotopic (exact) mass is 240 g/mol. The lowest BCUT2D eigenvalue weighted by Crippen LogP contribution is -2.37. The van der Waals surface area contributed by atoms with E-state index in [1.54, 1.807) is 6.92 Å². The van der Waals surface area contributed by atoms with Crippen molar-refractivity contribution in [3.63, 3.8) is 0 Å². The molecule has 17 heavy (non-hydrogen) atoms. The Hall–Kier alpha value is -1.62. The van der Waals surface area contributed by atoms with Crippen LogP contribution >= 0.6 is 0 Å². The summed E-state index contributed by atoms with van der Waals surface area (Å²) >= 11 is 0. The number of hydrogen-bond acceptors (Lipinski definition) is 3. The zero-order chi connectivity index (χ0) is 13.2. The lowest BCUT2D eigenvalue weighted by molar-refractivity contribution is -0.146. The Morgan fingerprint density at radius 2 is 2.00 bits per heavy atom. The number of carboxylic acids is 2. The molecule has 0 bridgehead atoms. The minimum atomic E-state index is -1.22.